The smallest absolute Gasteiger partial charge is 0.303 e. The Balaban J connectivity index is 0. The van der Waals surface area contributed by atoms with Crippen molar-refractivity contribution >= 4 is 5.97 Å². The van der Waals surface area contributed by atoms with E-state index in [1.54, 1.807) is 0 Å². The van der Waals surface area contributed by atoms with Gasteiger partial charge in [0.25, 0.3) is 0 Å². The molecule has 0 aliphatic rings. The molecule has 27 heavy (non-hydrogen) atoms. The predicted molar refractivity (Wildman–Crippen MR) is 112 cm³/mol. The summed E-state index contributed by atoms with van der Waals surface area (Å²) >= 11 is 0. The highest BCUT2D eigenvalue weighted by Crippen LogP contribution is 2.10. The second-order valence-electron chi connectivity index (χ2n) is 7.06. The number of hydrogen-bond donors (Lipinski definition) is 4. The fourth-order valence-electron chi connectivity index (χ4n) is 2.59. The van der Waals surface area contributed by atoms with Gasteiger partial charge in [-0.05, 0) is 44.9 Å². The van der Waals surface area contributed by atoms with Gasteiger partial charge in [-0.2, -0.15) is 0 Å². The predicted octanol–water partition coefficient (Wildman–Crippen LogP) is 4.83. The van der Waals surface area contributed by atoms with Crippen LogP contribution in [0.15, 0.2) is 12.2 Å². The summed E-state index contributed by atoms with van der Waals surface area (Å²) in [5.41, 5.74) is 0. The Kier molecular flexibility index (Phi) is 26.3. The van der Waals surface area contributed by atoms with Crippen molar-refractivity contribution in [1.82, 2.24) is 0 Å². The summed E-state index contributed by atoms with van der Waals surface area (Å²) in [4.78, 5) is 10.3. The second-order valence-corrected chi connectivity index (χ2v) is 7.06. The Morgan fingerprint density at radius 3 is 2.00 bits per heavy atom. The van der Waals surface area contributed by atoms with E-state index in [9.17, 15) is 9.90 Å². The molecule has 0 aromatic rings. The van der Waals surface area contributed by atoms with Gasteiger partial charge in [-0.3, -0.25) is 4.79 Å². The van der Waals surface area contributed by atoms with Crippen LogP contribution >= 0.6 is 0 Å². The molecule has 0 aliphatic carbocycles. The Morgan fingerprint density at radius 1 is 0.815 bits per heavy atom. The maximum absolute atomic E-state index is 10.3. The SMILES string of the molecule is CCCCCCC(O)C/C=C\CCCCCCCC(=O)O.OCCCCO. The van der Waals surface area contributed by atoms with Crippen molar-refractivity contribution in [3.63, 3.8) is 0 Å². The lowest BCUT2D eigenvalue weighted by atomic mass is 10.1. The van der Waals surface area contributed by atoms with Crippen LogP contribution in [-0.2, 0) is 4.79 Å². The molecule has 0 aliphatic heterocycles. The van der Waals surface area contributed by atoms with Crippen LogP contribution in [0.25, 0.3) is 0 Å². The maximum Gasteiger partial charge on any atom is 0.303 e. The molecule has 5 heteroatoms. The second kappa shape index (κ2) is 25.1. The van der Waals surface area contributed by atoms with Gasteiger partial charge in [0, 0.05) is 19.6 Å². The molecule has 1 atom stereocenters. The number of aliphatic hydroxyl groups excluding tert-OH is 3. The molecule has 0 radical (unpaired) electrons. The average Bonchev–Trinajstić information content (AvgIpc) is 2.65. The number of hydrogen-bond acceptors (Lipinski definition) is 4. The van der Waals surface area contributed by atoms with Gasteiger partial charge in [-0.25, -0.2) is 0 Å². The normalized spacial score (nSPS) is 12.0. The highest BCUT2D eigenvalue weighted by molar-refractivity contribution is 5.66. The average molecular weight is 389 g/mol. The summed E-state index contributed by atoms with van der Waals surface area (Å²) in [5.74, 6) is -0.689. The topological polar surface area (TPSA) is 98.0 Å². The number of carboxylic acids is 1. The molecular formula is C22H44O5. The largest absolute Gasteiger partial charge is 0.481 e. The van der Waals surface area contributed by atoms with Crippen molar-refractivity contribution in [1.29, 1.82) is 0 Å². The van der Waals surface area contributed by atoms with Gasteiger partial charge < -0.3 is 20.4 Å². The number of carbonyl (C=O) groups is 1. The summed E-state index contributed by atoms with van der Waals surface area (Å²) in [6.07, 6.45) is 18.8. The molecule has 0 heterocycles. The van der Waals surface area contributed by atoms with E-state index in [0.29, 0.717) is 6.42 Å². The fraction of sp³-hybridized carbons (Fsp3) is 0.864. The van der Waals surface area contributed by atoms with E-state index < -0.39 is 5.97 Å². The summed E-state index contributed by atoms with van der Waals surface area (Å²) < 4.78 is 0. The first-order valence-corrected chi connectivity index (χ1v) is 10.8. The summed E-state index contributed by atoms with van der Waals surface area (Å²) in [6.45, 7) is 2.59. The van der Waals surface area contributed by atoms with E-state index >= 15 is 0 Å². The third kappa shape index (κ3) is 30.1. The molecule has 0 bridgehead atoms. The molecule has 0 aromatic carbocycles. The van der Waals surface area contributed by atoms with Gasteiger partial charge in [-0.15, -0.1) is 0 Å². The molecule has 0 saturated carbocycles. The Bertz CT molecular complexity index is 314. The number of allylic oxidation sites excluding steroid dienone is 1. The molecule has 4 N–H and O–H groups in total. The van der Waals surface area contributed by atoms with Crippen molar-refractivity contribution in [2.24, 2.45) is 0 Å². The van der Waals surface area contributed by atoms with E-state index in [-0.39, 0.29) is 19.3 Å². The zero-order valence-electron chi connectivity index (χ0n) is 17.4. The molecule has 0 saturated heterocycles. The lowest BCUT2D eigenvalue weighted by Gasteiger charge is -2.07. The van der Waals surface area contributed by atoms with E-state index in [2.05, 4.69) is 19.1 Å². The molecule has 0 amide bonds. The van der Waals surface area contributed by atoms with Crippen LogP contribution in [0, 0.1) is 0 Å². The lowest BCUT2D eigenvalue weighted by Crippen LogP contribution is -2.04. The lowest BCUT2D eigenvalue weighted by molar-refractivity contribution is -0.137. The molecule has 162 valence electrons. The van der Waals surface area contributed by atoms with Crippen LogP contribution in [0.5, 0.6) is 0 Å². The van der Waals surface area contributed by atoms with Crippen LogP contribution in [-0.4, -0.2) is 45.7 Å². The number of unbranched alkanes of at least 4 members (excludes halogenated alkanes) is 9. The maximum atomic E-state index is 10.3. The van der Waals surface area contributed by atoms with Crippen molar-refractivity contribution in [3.8, 4) is 0 Å². The summed E-state index contributed by atoms with van der Waals surface area (Å²) in [5, 5.41) is 34.5. The van der Waals surface area contributed by atoms with Gasteiger partial charge in [0.05, 0.1) is 6.10 Å². The number of carboxylic acid groups (broad SMARTS) is 1. The first-order chi connectivity index (χ1) is 13.1. The first kappa shape index (κ1) is 28.3. The zero-order valence-corrected chi connectivity index (χ0v) is 17.4. The molecule has 0 spiro atoms. The number of aliphatic hydroxyl groups is 3. The van der Waals surface area contributed by atoms with Crippen molar-refractivity contribution < 1.29 is 25.2 Å². The molecule has 0 aromatic heterocycles. The third-order valence-corrected chi connectivity index (χ3v) is 4.29. The van der Waals surface area contributed by atoms with Crippen molar-refractivity contribution in [2.45, 2.75) is 109 Å². The minimum absolute atomic E-state index is 0.172. The standard InChI is InChI=1S/C18H34O3.C4H10O2/c1-2-3-4-11-14-17(19)15-12-9-7-5-6-8-10-13-16-18(20)21;5-3-1-2-4-6/h9,12,17,19H,2-8,10-11,13-16H2,1H3,(H,20,21);5-6H,1-4H2/b12-9-;. The number of aliphatic carboxylic acids is 1. The van der Waals surface area contributed by atoms with Crippen molar-refractivity contribution in [3.05, 3.63) is 12.2 Å². The van der Waals surface area contributed by atoms with Crippen LogP contribution < -0.4 is 0 Å². The van der Waals surface area contributed by atoms with Crippen LogP contribution in [0.4, 0.5) is 0 Å². The highest BCUT2D eigenvalue weighted by Gasteiger charge is 2.00. The van der Waals surface area contributed by atoms with Crippen molar-refractivity contribution in [2.75, 3.05) is 13.2 Å². The number of rotatable bonds is 18. The third-order valence-electron chi connectivity index (χ3n) is 4.29. The monoisotopic (exact) mass is 388 g/mol. The summed E-state index contributed by atoms with van der Waals surface area (Å²) in [6, 6.07) is 0. The minimum atomic E-state index is -0.689. The van der Waals surface area contributed by atoms with Gasteiger partial charge in [0.1, 0.15) is 0 Å². The van der Waals surface area contributed by atoms with Crippen LogP contribution in [0.1, 0.15) is 103 Å². The Labute approximate surface area is 166 Å². The van der Waals surface area contributed by atoms with E-state index in [1.165, 1.54) is 25.7 Å². The quantitative estimate of drug-likeness (QED) is 0.199. The fourth-order valence-corrected chi connectivity index (χ4v) is 2.59. The molecule has 0 fully saturated rings. The van der Waals surface area contributed by atoms with Crippen LogP contribution in [0.3, 0.4) is 0 Å². The van der Waals surface area contributed by atoms with Crippen LogP contribution in [0.2, 0.25) is 0 Å². The molecule has 5 nitrogen and oxygen atoms in total. The minimum Gasteiger partial charge on any atom is -0.481 e. The van der Waals surface area contributed by atoms with Gasteiger partial charge in [-0.1, -0.05) is 64.0 Å². The highest BCUT2D eigenvalue weighted by atomic mass is 16.4. The summed E-state index contributed by atoms with van der Waals surface area (Å²) in [7, 11) is 0. The Morgan fingerprint density at radius 2 is 1.41 bits per heavy atom. The van der Waals surface area contributed by atoms with E-state index in [4.69, 9.17) is 15.3 Å². The van der Waals surface area contributed by atoms with Gasteiger partial charge in [0.15, 0.2) is 0 Å². The van der Waals surface area contributed by atoms with E-state index in [0.717, 1.165) is 64.2 Å². The first-order valence-electron chi connectivity index (χ1n) is 10.8. The van der Waals surface area contributed by atoms with Gasteiger partial charge >= 0.3 is 5.97 Å². The van der Waals surface area contributed by atoms with E-state index in [1.807, 2.05) is 0 Å². The Hall–Kier alpha value is -0.910. The molecule has 1 unspecified atom stereocenters. The molecular weight excluding hydrogens is 344 g/mol. The zero-order chi connectivity index (χ0) is 20.6. The molecule has 0 rings (SSSR count). The van der Waals surface area contributed by atoms with Gasteiger partial charge in [0.2, 0.25) is 0 Å².